The van der Waals surface area contributed by atoms with Crippen LogP contribution in [0.1, 0.15) is 32.0 Å². The van der Waals surface area contributed by atoms with Gasteiger partial charge in [-0.1, -0.05) is 23.7 Å². The van der Waals surface area contributed by atoms with Crippen LogP contribution in [-0.2, 0) is 16.3 Å². The number of benzene rings is 2. The van der Waals surface area contributed by atoms with Crippen molar-refractivity contribution in [3.8, 4) is 5.69 Å². The lowest BCUT2D eigenvalue weighted by molar-refractivity contribution is -0.116. The van der Waals surface area contributed by atoms with Crippen molar-refractivity contribution in [2.75, 3.05) is 11.9 Å². The number of imide groups is 1. The standard InChI is InChI=1S/C21H15ClN4O3S/c22-12-5-7-13(8-6-12)26-19(16-10-30-11-17(16)24-26)23-18(27)9-25-20(28)14-3-1-2-4-15(14)21(25)29/h1-8H,9-11H2,(H,23,27). The molecule has 30 heavy (non-hydrogen) atoms. The van der Waals surface area contributed by atoms with Gasteiger partial charge in [-0.05, 0) is 36.4 Å². The van der Waals surface area contributed by atoms with Gasteiger partial charge in [0.1, 0.15) is 12.4 Å². The summed E-state index contributed by atoms with van der Waals surface area (Å²) in [7, 11) is 0. The molecule has 0 unspecified atom stereocenters. The molecule has 1 N–H and O–H groups in total. The molecule has 0 radical (unpaired) electrons. The molecule has 7 nitrogen and oxygen atoms in total. The van der Waals surface area contributed by atoms with Gasteiger partial charge in [0, 0.05) is 22.1 Å². The summed E-state index contributed by atoms with van der Waals surface area (Å²) in [5.41, 5.74) is 3.25. The van der Waals surface area contributed by atoms with Crippen molar-refractivity contribution in [1.82, 2.24) is 14.7 Å². The van der Waals surface area contributed by atoms with Gasteiger partial charge in [0.05, 0.1) is 22.5 Å². The molecule has 9 heteroatoms. The van der Waals surface area contributed by atoms with Crippen LogP contribution in [0.3, 0.4) is 0 Å². The fourth-order valence-corrected chi connectivity index (χ4v) is 4.77. The molecule has 3 amide bonds. The number of anilines is 1. The molecule has 1 aromatic heterocycles. The maximum absolute atomic E-state index is 12.8. The van der Waals surface area contributed by atoms with E-state index < -0.39 is 17.7 Å². The summed E-state index contributed by atoms with van der Waals surface area (Å²) in [6.07, 6.45) is 0. The van der Waals surface area contributed by atoms with Crippen molar-refractivity contribution in [3.63, 3.8) is 0 Å². The molecule has 5 rings (SSSR count). The first-order valence-electron chi connectivity index (χ1n) is 9.22. The fourth-order valence-electron chi connectivity index (χ4n) is 3.61. The van der Waals surface area contributed by atoms with Gasteiger partial charge in [-0.25, -0.2) is 4.68 Å². The average Bonchev–Trinajstić information content (AvgIpc) is 3.40. The van der Waals surface area contributed by atoms with Gasteiger partial charge in [0.2, 0.25) is 5.91 Å². The zero-order valence-corrected chi connectivity index (χ0v) is 17.2. The van der Waals surface area contributed by atoms with Crippen LogP contribution in [0.2, 0.25) is 5.02 Å². The molecular formula is C21H15ClN4O3S. The SMILES string of the molecule is O=C(CN1C(=O)c2ccccc2C1=O)Nc1c2c(nn1-c1ccc(Cl)cc1)CSC2. The highest BCUT2D eigenvalue weighted by molar-refractivity contribution is 7.98. The molecule has 3 aromatic rings. The van der Waals surface area contributed by atoms with Crippen LogP contribution in [0.25, 0.3) is 5.69 Å². The Labute approximate surface area is 181 Å². The van der Waals surface area contributed by atoms with E-state index in [-0.39, 0.29) is 6.54 Å². The molecule has 0 aliphatic carbocycles. The van der Waals surface area contributed by atoms with Gasteiger partial charge in [0.15, 0.2) is 0 Å². The number of thioether (sulfide) groups is 1. The van der Waals surface area contributed by atoms with Gasteiger partial charge >= 0.3 is 0 Å². The number of halogens is 1. The van der Waals surface area contributed by atoms with Crippen LogP contribution >= 0.6 is 23.4 Å². The normalized spacial score (nSPS) is 14.8. The third kappa shape index (κ3) is 3.09. The largest absolute Gasteiger partial charge is 0.309 e. The summed E-state index contributed by atoms with van der Waals surface area (Å²) in [4.78, 5) is 38.9. The van der Waals surface area contributed by atoms with E-state index in [1.807, 2.05) is 12.1 Å². The van der Waals surface area contributed by atoms with Crippen molar-refractivity contribution < 1.29 is 14.4 Å². The number of nitrogens with one attached hydrogen (secondary N) is 1. The zero-order valence-electron chi connectivity index (χ0n) is 15.6. The minimum atomic E-state index is -0.460. The van der Waals surface area contributed by atoms with Crippen LogP contribution < -0.4 is 5.32 Å². The quantitative estimate of drug-likeness (QED) is 0.630. The second-order valence-corrected chi connectivity index (χ2v) is 8.37. The summed E-state index contributed by atoms with van der Waals surface area (Å²) in [5.74, 6) is 0.664. The molecule has 0 spiro atoms. The lowest BCUT2D eigenvalue weighted by Gasteiger charge is -2.15. The minimum Gasteiger partial charge on any atom is -0.309 e. The van der Waals surface area contributed by atoms with Crippen molar-refractivity contribution >= 4 is 46.9 Å². The van der Waals surface area contributed by atoms with E-state index in [1.165, 1.54) is 0 Å². The number of aromatic nitrogens is 2. The van der Waals surface area contributed by atoms with Crippen LogP contribution in [0.15, 0.2) is 48.5 Å². The Morgan fingerprint density at radius 2 is 1.70 bits per heavy atom. The maximum Gasteiger partial charge on any atom is 0.262 e. The van der Waals surface area contributed by atoms with Crippen molar-refractivity contribution in [3.05, 3.63) is 75.9 Å². The van der Waals surface area contributed by atoms with Crippen LogP contribution in [0, 0.1) is 0 Å². The van der Waals surface area contributed by atoms with Gasteiger partial charge < -0.3 is 5.32 Å². The number of carbonyl (C=O) groups excluding carboxylic acids is 3. The van der Waals surface area contributed by atoms with E-state index in [9.17, 15) is 14.4 Å². The van der Waals surface area contributed by atoms with Crippen molar-refractivity contribution in [2.45, 2.75) is 11.5 Å². The molecule has 3 heterocycles. The highest BCUT2D eigenvalue weighted by atomic mass is 35.5. The Kier molecular flexibility index (Phi) is 4.60. The van der Waals surface area contributed by atoms with Gasteiger partial charge in [0.25, 0.3) is 11.8 Å². The molecular weight excluding hydrogens is 424 g/mol. The Balaban J connectivity index is 1.41. The Morgan fingerprint density at radius 3 is 2.37 bits per heavy atom. The first-order chi connectivity index (χ1) is 14.5. The van der Waals surface area contributed by atoms with E-state index in [0.717, 1.165) is 33.4 Å². The van der Waals surface area contributed by atoms with Crippen molar-refractivity contribution in [1.29, 1.82) is 0 Å². The average molecular weight is 439 g/mol. The van der Waals surface area contributed by atoms with Crippen LogP contribution in [-0.4, -0.2) is 38.9 Å². The number of carbonyl (C=O) groups is 3. The molecule has 2 aliphatic heterocycles. The Bertz CT molecular complexity index is 1170. The lowest BCUT2D eigenvalue weighted by Crippen LogP contribution is -2.37. The van der Waals surface area contributed by atoms with E-state index in [1.54, 1.807) is 52.8 Å². The predicted octanol–water partition coefficient (Wildman–Crippen LogP) is 3.51. The predicted molar refractivity (Wildman–Crippen MR) is 114 cm³/mol. The molecule has 0 saturated heterocycles. The Morgan fingerprint density at radius 1 is 1.03 bits per heavy atom. The molecule has 2 aliphatic rings. The van der Waals surface area contributed by atoms with Gasteiger partial charge in [-0.3, -0.25) is 19.3 Å². The second kappa shape index (κ2) is 7.30. The first kappa shape index (κ1) is 18.9. The fraction of sp³-hybridized carbons (Fsp3) is 0.143. The van der Waals surface area contributed by atoms with E-state index in [2.05, 4.69) is 10.4 Å². The van der Waals surface area contributed by atoms with Gasteiger partial charge in [-0.2, -0.15) is 16.9 Å². The smallest absolute Gasteiger partial charge is 0.262 e. The number of nitrogens with zero attached hydrogens (tertiary/aromatic N) is 3. The number of amides is 3. The first-order valence-corrected chi connectivity index (χ1v) is 10.8. The van der Waals surface area contributed by atoms with Crippen LogP contribution in [0.4, 0.5) is 5.82 Å². The third-order valence-corrected chi connectivity index (χ3v) is 6.28. The van der Waals surface area contributed by atoms with E-state index in [4.69, 9.17) is 11.6 Å². The molecule has 150 valence electrons. The minimum absolute atomic E-state index is 0.318. The molecule has 0 saturated carbocycles. The summed E-state index contributed by atoms with van der Waals surface area (Å²) in [5, 5.41) is 8.10. The summed E-state index contributed by atoms with van der Waals surface area (Å²) < 4.78 is 1.67. The summed E-state index contributed by atoms with van der Waals surface area (Å²) >= 11 is 7.70. The summed E-state index contributed by atoms with van der Waals surface area (Å²) in [6, 6.07) is 13.7. The van der Waals surface area contributed by atoms with Crippen molar-refractivity contribution in [2.24, 2.45) is 0 Å². The molecule has 2 aromatic carbocycles. The third-order valence-electron chi connectivity index (χ3n) is 5.06. The lowest BCUT2D eigenvalue weighted by atomic mass is 10.1. The molecule has 0 atom stereocenters. The second-order valence-electron chi connectivity index (χ2n) is 6.95. The molecule has 0 bridgehead atoms. The maximum atomic E-state index is 12.8. The number of hydrogen-bond acceptors (Lipinski definition) is 5. The number of fused-ring (bicyclic) bond motifs is 2. The highest BCUT2D eigenvalue weighted by Crippen LogP contribution is 2.36. The topological polar surface area (TPSA) is 84.3 Å². The van der Waals surface area contributed by atoms with Gasteiger partial charge in [-0.15, -0.1) is 0 Å². The molecule has 0 fully saturated rings. The number of hydrogen-bond donors (Lipinski definition) is 1. The van der Waals surface area contributed by atoms with E-state index in [0.29, 0.717) is 22.0 Å². The zero-order chi connectivity index (χ0) is 20.8. The highest BCUT2D eigenvalue weighted by Gasteiger charge is 2.36. The van der Waals surface area contributed by atoms with Crippen LogP contribution in [0.5, 0.6) is 0 Å². The number of rotatable bonds is 4. The van der Waals surface area contributed by atoms with E-state index >= 15 is 0 Å². The Hall–Kier alpha value is -3.10. The monoisotopic (exact) mass is 438 g/mol. The summed E-state index contributed by atoms with van der Waals surface area (Å²) in [6.45, 7) is -0.361.